The summed E-state index contributed by atoms with van der Waals surface area (Å²) in [5.41, 5.74) is 1.36. The highest BCUT2D eigenvalue weighted by atomic mass is 16.5. The Morgan fingerprint density at radius 3 is 3.12 bits per heavy atom. The minimum absolute atomic E-state index is 0.341. The first kappa shape index (κ1) is 11.1. The van der Waals surface area contributed by atoms with E-state index in [-0.39, 0.29) is 0 Å². The second kappa shape index (κ2) is 4.67. The van der Waals surface area contributed by atoms with Crippen molar-refractivity contribution in [2.75, 3.05) is 26.2 Å². The van der Waals surface area contributed by atoms with E-state index in [1.807, 2.05) is 0 Å². The van der Waals surface area contributed by atoms with Crippen molar-refractivity contribution in [2.45, 2.75) is 25.5 Å². The van der Waals surface area contributed by atoms with Gasteiger partial charge in [0.25, 0.3) is 0 Å². The lowest BCUT2D eigenvalue weighted by Crippen LogP contribution is -2.52. The Balaban J connectivity index is 1.61. The van der Waals surface area contributed by atoms with Crippen molar-refractivity contribution < 1.29 is 4.74 Å². The number of hydrogen-bond donors (Lipinski definition) is 1. The maximum Gasteiger partial charge on any atom is 0.123 e. The van der Waals surface area contributed by atoms with Crippen LogP contribution in [0.2, 0.25) is 0 Å². The molecule has 0 amide bonds. The van der Waals surface area contributed by atoms with Gasteiger partial charge in [-0.15, -0.1) is 0 Å². The molecule has 2 aliphatic rings. The van der Waals surface area contributed by atoms with E-state index in [9.17, 15) is 0 Å². The number of fused-ring (bicyclic) bond motifs is 1. The van der Waals surface area contributed by atoms with Gasteiger partial charge in [0.1, 0.15) is 11.9 Å². The van der Waals surface area contributed by atoms with Gasteiger partial charge in [-0.1, -0.05) is 18.2 Å². The Morgan fingerprint density at radius 1 is 1.41 bits per heavy atom. The molecule has 3 heteroatoms. The zero-order chi connectivity index (χ0) is 11.7. The molecule has 0 radical (unpaired) electrons. The first-order valence-corrected chi connectivity index (χ1v) is 6.52. The van der Waals surface area contributed by atoms with E-state index in [0.29, 0.717) is 12.1 Å². The molecule has 1 N–H and O–H groups in total. The van der Waals surface area contributed by atoms with Crippen molar-refractivity contribution in [3.63, 3.8) is 0 Å². The maximum absolute atomic E-state index is 6.00. The van der Waals surface area contributed by atoms with E-state index in [1.165, 1.54) is 5.56 Å². The van der Waals surface area contributed by atoms with E-state index < -0.39 is 0 Å². The lowest BCUT2D eigenvalue weighted by atomic mass is 10.1. The van der Waals surface area contributed by atoms with E-state index >= 15 is 0 Å². The molecule has 0 aromatic heterocycles. The monoisotopic (exact) mass is 232 g/mol. The average Bonchev–Trinajstić information content (AvgIpc) is 2.74. The quantitative estimate of drug-likeness (QED) is 0.831. The van der Waals surface area contributed by atoms with E-state index in [2.05, 4.69) is 41.4 Å². The van der Waals surface area contributed by atoms with Gasteiger partial charge < -0.3 is 10.1 Å². The first-order valence-electron chi connectivity index (χ1n) is 6.52. The number of para-hydroxylation sites is 1. The van der Waals surface area contributed by atoms with Crippen LogP contribution in [0.1, 0.15) is 12.5 Å². The summed E-state index contributed by atoms with van der Waals surface area (Å²) in [5, 5.41) is 3.42. The summed E-state index contributed by atoms with van der Waals surface area (Å²) >= 11 is 0. The Kier molecular flexibility index (Phi) is 3.04. The first-order chi connectivity index (χ1) is 8.33. The highest BCUT2D eigenvalue weighted by molar-refractivity contribution is 5.37. The maximum atomic E-state index is 6.00. The molecule has 0 spiro atoms. The molecule has 0 saturated carbocycles. The zero-order valence-electron chi connectivity index (χ0n) is 10.4. The summed E-state index contributed by atoms with van der Waals surface area (Å²) in [4.78, 5) is 2.53. The molecule has 1 aromatic rings. The van der Waals surface area contributed by atoms with Gasteiger partial charge in [-0.3, -0.25) is 4.90 Å². The number of hydrogen-bond acceptors (Lipinski definition) is 3. The van der Waals surface area contributed by atoms with Crippen molar-refractivity contribution in [1.82, 2.24) is 10.2 Å². The molecule has 2 unspecified atom stereocenters. The molecule has 1 aromatic carbocycles. The van der Waals surface area contributed by atoms with Crippen LogP contribution >= 0.6 is 0 Å². The van der Waals surface area contributed by atoms with Crippen molar-refractivity contribution in [1.29, 1.82) is 0 Å². The topological polar surface area (TPSA) is 24.5 Å². The molecule has 3 rings (SSSR count). The number of ether oxygens (including phenoxy) is 1. The van der Waals surface area contributed by atoms with Crippen molar-refractivity contribution in [2.24, 2.45) is 0 Å². The Labute approximate surface area is 103 Å². The molecular formula is C14H20N2O. The van der Waals surface area contributed by atoms with Crippen LogP contribution in [0.3, 0.4) is 0 Å². The summed E-state index contributed by atoms with van der Waals surface area (Å²) in [5.74, 6) is 1.08. The predicted molar refractivity (Wildman–Crippen MR) is 68.5 cm³/mol. The third kappa shape index (κ3) is 2.31. The van der Waals surface area contributed by atoms with E-state index in [1.54, 1.807) is 0 Å². The third-order valence-corrected chi connectivity index (χ3v) is 3.79. The Hall–Kier alpha value is -1.06. The largest absolute Gasteiger partial charge is 0.488 e. The summed E-state index contributed by atoms with van der Waals surface area (Å²) in [6.45, 7) is 6.67. The molecule has 0 bridgehead atoms. The smallest absolute Gasteiger partial charge is 0.123 e. The molecule has 1 saturated heterocycles. The summed E-state index contributed by atoms with van der Waals surface area (Å²) < 4.78 is 6.00. The van der Waals surface area contributed by atoms with Crippen LogP contribution in [0.15, 0.2) is 24.3 Å². The van der Waals surface area contributed by atoms with Crippen LogP contribution in [0, 0.1) is 0 Å². The van der Waals surface area contributed by atoms with Crippen molar-refractivity contribution in [3.05, 3.63) is 29.8 Å². The lowest BCUT2D eigenvalue weighted by Gasteiger charge is -2.35. The molecular weight excluding hydrogens is 212 g/mol. The lowest BCUT2D eigenvalue weighted by molar-refractivity contribution is 0.106. The fraction of sp³-hybridized carbons (Fsp3) is 0.571. The SMILES string of the molecule is CC1CNCCN1CC1Cc2ccccc2O1. The van der Waals surface area contributed by atoms with Gasteiger partial charge in [0.2, 0.25) is 0 Å². The van der Waals surface area contributed by atoms with Crippen molar-refractivity contribution >= 4 is 0 Å². The van der Waals surface area contributed by atoms with Crippen LogP contribution in [0.25, 0.3) is 0 Å². The highest BCUT2D eigenvalue weighted by Gasteiger charge is 2.27. The average molecular weight is 232 g/mol. The molecule has 2 aliphatic heterocycles. The minimum Gasteiger partial charge on any atom is -0.488 e. The zero-order valence-corrected chi connectivity index (χ0v) is 10.4. The van der Waals surface area contributed by atoms with Gasteiger partial charge >= 0.3 is 0 Å². The van der Waals surface area contributed by atoms with Crippen LogP contribution in [-0.4, -0.2) is 43.2 Å². The van der Waals surface area contributed by atoms with Crippen LogP contribution in [-0.2, 0) is 6.42 Å². The van der Waals surface area contributed by atoms with Gasteiger partial charge in [0.15, 0.2) is 0 Å². The molecule has 2 atom stereocenters. The molecule has 3 nitrogen and oxygen atoms in total. The highest BCUT2D eigenvalue weighted by Crippen LogP contribution is 2.28. The summed E-state index contributed by atoms with van der Waals surface area (Å²) in [7, 11) is 0. The van der Waals surface area contributed by atoms with Crippen LogP contribution in [0.4, 0.5) is 0 Å². The fourth-order valence-corrected chi connectivity index (χ4v) is 2.77. The second-order valence-corrected chi connectivity index (χ2v) is 5.10. The van der Waals surface area contributed by atoms with Crippen molar-refractivity contribution in [3.8, 4) is 5.75 Å². The normalized spacial score (nSPS) is 28.8. The molecule has 17 heavy (non-hydrogen) atoms. The Bertz CT molecular complexity index is 369. The van der Waals surface area contributed by atoms with Gasteiger partial charge in [0.05, 0.1) is 0 Å². The molecule has 0 aliphatic carbocycles. The van der Waals surface area contributed by atoms with Crippen LogP contribution in [0.5, 0.6) is 5.75 Å². The number of piperazine rings is 1. The molecule has 2 heterocycles. The van der Waals surface area contributed by atoms with Gasteiger partial charge in [-0.05, 0) is 18.6 Å². The van der Waals surface area contributed by atoms with Gasteiger partial charge in [0, 0.05) is 38.6 Å². The van der Waals surface area contributed by atoms with Gasteiger partial charge in [-0.2, -0.15) is 0 Å². The van der Waals surface area contributed by atoms with E-state index in [4.69, 9.17) is 4.74 Å². The second-order valence-electron chi connectivity index (χ2n) is 5.10. The summed E-state index contributed by atoms with van der Waals surface area (Å²) in [6.07, 6.45) is 1.40. The number of nitrogens with zero attached hydrogens (tertiary/aromatic N) is 1. The minimum atomic E-state index is 0.341. The van der Waals surface area contributed by atoms with Gasteiger partial charge in [-0.25, -0.2) is 0 Å². The van der Waals surface area contributed by atoms with E-state index in [0.717, 1.165) is 38.3 Å². The Morgan fingerprint density at radius 2 is 2.29 bits per heavy atom. The van der Waals surface area contributed by atoms with Crippen LogP contribution < -0.4 is 10.1 Å². The molecule has 1 fully saturated rings. The predicted octanol–water partition coefficient (Wildman–Crippen LogP) is 1.28. The number of nitrogens with one attached hydrogen (secondary N) is 1. The third-order valence-electron chi connectivity index (χ3n) is 3.79. The number of rotatable bonds is 2. The number of benzene rings is 1. The fourth-order valence-electron chi connectivity index (χ4n) is 2.77. The molecule has 92 valence electrons. The summed E-state index contributed by atoms with van der Waals surface area (Å²) in [6, 6.07) is 9.02. The standard InChI is InChI=1S/C14H20N2O/c1-11-9-15-6-7-16(11)10-13-8-12-4-2-3-5-14(12)17-13/h2-5,11,13,15H,6-10H2,1H3.